The van der Waals surface area contributed by atoms with Gasteiger partial charge in [-0.15, -0.1) is 5.10 Å². The summed E-state index contributed by atoms with van der Waals surface area (Å²) in [7, 11) is 0. The SMILES string of the molecule is CCOc1n[nH]c(NC(=O)Cc2cn3ccccc3n2)n1. The van der Waals surface area contributed by atoms with Gasteiger partial charge in [0.1, 0.15) is 5.65 Å². The van der Waals surface area contributed by atoms with Gasteiger partial charge >= 0.3 is 6.01 Å². The highest BCUT2D eigenvalue weighted by Crippen LogP contribution is 2.08. The van der Waals surface area contributed by atoms with Crippen LogP contribution in [0.1, 0.15) is 12.6 Å². The Bertz CT molecular complexity index is 730. The summed E-state index contributed by atoms with van der Waals surface area (Å²) < 4.78 is 6.97. The van der Waals surface area contributed by atoms with Crippen molar-refractivity contribution in [2.24, 2.45) is 0 Å². The third-order valence-electron chi connectivity index (χ3n) is 2.75. The van der Waals surface area contributed by atoms with Crippen LogP contribution in [0.15, 0.2) is 30.6 Å². The fourth-order valence-corrected chi connectivity index (χ4v) is 1.91. The summed E-state index contributed by atoms with van der Waals surface area (Å²) >= 11 is 0. The number of anilines is 1. The average Bonchev–Trinajstić information content (AvgIpc) is 3.05. The van der Waals surface area contributed by atoms with Crippen LogP contribution >= 0.6 is 0 Å². The van der Waals surface area contributed by atoms with Crippen LogP contribution in [0.2, 0.25) is 0 Å². The highest BCUT2D eigenvalue weighted by molar-refractivity contribution is 5.90. The van der Waals surface area contributed by atoms with Crippen molar-refractivity contribution in [1.29, 1.82) is 0 Å². The van der Waals surface area contributed by atoms with Gasteiger partial charge in [-0.1, -0.05) is 6.07 Å². The minimum Gasteiger partial charge on any atom is -0.463 e. The first-order valence-electron chi connectivity index (χ1n) is 6.52. The molecule has 2 N–H and O–H groups in total. The summed E-state index contributed by atoms with van der Waals surface area (Å²) in [4.78, 5) is 20.3. The number of amides is 1. The first-order chi connectivity index (χ1) is 10.2. The number of nitrogens with one attached hydrogen (secondary N) is 2. The number of fused-ring (bicyclic) bond motifs is 1. The fraction of sp³-hybridized carbons (Fsp3) is 0.231. The molecule has 0 aromatic carbocycles. The van der Waals surface area contributed by atoms with Crippen LogP contribution in [-0.4, -0.2) is 37.1 Å². The van der Waals surface area contributed by atoms with Gasteiger partial charge in [0.15, 0.2) is 0 Å². The second kappa shape index (κ2) is 5.61. The molecule has 21 heavy (non-hydrogen) atoms. The van der Waals surface area contributed by atoms with Crippen molar-refractivity contribution in [2.45, 2.75) is 13.3 Å². The van der Waals surface area contributed by atoms with Crippen molar-refractivity contribution in [3.63, 3.8) is 0 Å². The quantitative estimate of drug-likeness (QED) is 0.730. The zero-order valence-electron chi connectivity index (χ0n) is 11.4. The van der Waals surface area contributed by atoms with E-state index in [0.29, 0.717) is 12.3 Å². The van der Waals surface area contributed by atoms with Crippen molar-refractivity contribution >= 4 is 17.5 Å². The second-order valence-corrected chi connectivity index (χ2v) is 4.32. The normalized spacial score (nSPS) is 10.7. The third kappa shape index (κ3) is 2.99. The molecule has 0 aliphatic carbocycles. The lowest BCUT2D eigenvalue weighted by molar-refractivity contribution is -0.115. The Labute approximate surface area is 120 Å². The first-order valence-corrected chi connectivity index (χ1v) is 6.52. The number of imidazole rings is 1. The number of carbonyl (C=O) groups is 1. The number of pyridine rings is 1. The molecule has 0 unspecified atom stereocenters. The van der Waals surface area contributed by atoms with E-state index in [-0.39, 0.29) is 24.3 Å². The maximum atomic E-state index is 11.9. The monoisotopic (exact) mass is 286 g/mol. The summed E-state index contributed by atoms with van der Waals surface area (Å²) in [5, 5.41) is 9.01. The molecule has 0 atom stereocenters. The Kier molecular flexibility index (Phi) is 3.50. The van der Waals surface area contributed by atoms with Crippen LogP contribution in [0, 0.1) is 0 Å². The Morgan fingerprint density at radius 3 is 3.14 bits per heavy atom. The van der Waals surface area contributed by atoms with Gasteiger partial charge < -0.3 is 9.14 Å². The summed E-state index contributed by atoms with van der Waals surface area (Å²) in [6.45, 7) is 2.30. The largest absolute Gasteiger partial charge is 0.463 e. The fourth-order valence-electron chi connectivity index (χ4n) is 1.91. The predicted molar refractivity (Wildman–Crippen MR) is 75.1 cm³/mol. The molecular formula is C13H14N6O2. The number of carbonyl (C=O) groups excluding carboxylic acids is 1. The molecule has 3 aromatic rings. The van der Waals surface area contributed by atoms with Gasteiger partial charge in [0.2, 0.25) is 11.9 Å². The first kappa shape index (κ1) is 13.1. The molecule has 0 aliphatic rings. The van der Waals surface area contributed by atoms with E-state index in [4.69, 9.17) is 4.74 Å². The molecule has 8 nitrogen and oxygen atoms in total. The molecule has 0 bridgehead atoms. The number of hydrogen-bond acceptors (Lipinski definition) is 5. The molecular weight excluding hydrogens is 272 g/mol. The molecule has 3 heterocycles. The van der Waals surface area contributed by atoms with Gasteiger partial charge in [-0.05, 0) is 19.1 Å². The maximum Gasteiger partial charge on any atom is 0.337 e. The number of nitrogens with zero attached hydrogens (tertiary/aromatic N) is 4. The van der Waals surface area contributed by atoms with Crippen LogP contribution in [0.25, 0.3) is 5.65 Å². The molecule has 0 radical (unpaired) electrons. The molecule has 3 aromatic heterocycles. The standard InChI is InChI=1S/C13H14N6O2/c1-2-21-13-16-12(17-18-13)15-11(20)7-9-8-19-6-4-3-5-10(19)14-9/h3-6,8H,2,7H2,1H3,(H2,15,16,17,18,20). The maximum absolute atomic E-state index is 11.9. The summed E-state index contributed by atoms with van der Waals surface area (Å²) in [5.74, 6) is 0.0322. The lowest BCUT2D eigenvalue weighted by Crippen LogP contribution is -2.15. The molecule has 3 rings (SSSR count). The zero-order chi connectivity index (χ0) is 14.7. The van der Waals surface area contributed by atoms with Crippen molar-refractivity contribution in [3.05, 3.63) is 36.3 Å². The van der Waals surface area contributed by atoms with E-state index in [0.717, 1.165) is 5.65 Å². The van der Waals surface area contributed by atoms with E-state index in [1.807, 2.05) is 41.9 Å². The topological polar surface area (TPSA) is 97.2 Å². The second-order valence-electron chi connectivity index (χ2n) is 4.32. The molecule has 0 saturated heterocycles. The number of rotatable bonds is 5. The molecule has 0 fully saturated rings. The minimum atomic E-state index is -0.224. The van der Waals surface area contributed by atoms with Gasteiger partial charge in [0.05, 0.1) is 18.7 Å². The Balaban J connectivity index is 1.65. The summed E-state index contributed by atoms with van der Waals surface area (Å²) in [5.41, 5.74) is 1.49. The molecule has 0 saturated carbocycles. The molecule has 0 spiro atoms. The van der Waals surface area contributed by atoms with Crippen LogP contribution < -0.4 is 10.1 Å². The molecule has 1 amide bonds. The van der Waals surface area contributed by atoms with Crippen molar-refractivity contribution in [2.75, 3.05) is 11.9 Å². The number of hydrogen-bond donors (Lipinski definition) is 2. The lowest BCUT2D eigenvalue weighted by Gasteiger charge is -1.98. The highest BCUT2D eigenvalue weighted by Gasteiger charge is 2.10. The van der Waals surface area contributed by atoms with E-state index < -0.39 is 0 Å². The van der Waals surface area contributed by atoms with Crippen LogP contribution in [0.4, 0.5) is 5.95 Å². The van der Waals surface area contributed by atoms with E-state index in [9.17, 15) is 4.79 Å². The van der Waals surface area contributed by atoms with Gasteiger partial charge in [-0.3, -0.25) is 10.1 Å². The van der Waals surface area contributed by atoms with Gasteiger partial charge in [-0.2, -0.15) is 4.98 Å². The number of aromatic amines is 1. The highest BCUT2D eigenvalue weighted by atomic mass is 16.5. The van der Waals surface area contributed by atoms with Crippen LogP contribution in [0.5, 0.6) is 6.01 Å². The van der Waals surface area contributed by atoms with Gasteiger partial charge in [0.25, 0.3) is 0 Å². The minimum absolute atomic E-state index is 0.159. The molecule has 108 valence electrons. The summed E-state index contributed by atoms with van der Waals surface area (Å²) in [6.07, 6.45) is 3.86. The van der Waals surface area contributed by atoms with E-state index in [1.54, 1.807) is 0 Å². The average molecular weight is 286 g/mol. The smallest absolute Gasteiger partial charge is 0.337 e. The van der Waals surface area contributed by atoms with Crippen molar-refractivity contribution < 1.29 is 9.53 Å². The van der Waals surface area contributed by atoms with E-state index in [1.165, 1.54) is 0 Å². The Morgan fingerprint density at radius 2 is 2.33 bits per heavy atom. The van der Waals surface area contributed by atoms with Gasteiger partial charge in [0, 0.05) is 12.4 Å². The number of ether oxygens (including phenoxy) is 1. The third-order valence-corrected chi connectivity index (χ3v) is 2.75. The Hall–Kier alpha value is -2.90. The lowest BCUT2D eigenvalue weighted by atomic mass is 10.3. The van der Waals surface area contributed by atoms with Crippen molar-refractivity contribution in [3.8, 4) is 6.01 Å². The van der Waals surface area contributed by atoms with E-state index >= 15 is 0 Å². The number of aromatic nitrogens is 5. The van der Waals surface area contributed by atoms with Crippen molar-refractivity contribution in [1.82, 2.24) is 24.6 Å². The molecule has 8 heteroatoms. The van der Waals surface area contributed by atoms with Crippen LogP contribution in [0.3, 0.4) is 0 Å². The Morgan fingerprint density at radius 1 is 1.43 bits per heavy atom. The number of H-pyrrole nitrogens is 1. The van der Waals surface area contributed by atoms with E-state index in [2.05, 4.69) is 25.5 Å². The zero-order valence-corrected chi connectivity index (χ0v) is 11.4. The predicted octanol–water partition coefficient (Wildman–Crippen LogP) is 1.03. The summed E-state index contributed by atoms with van der Waals surface area (Å²) in [6, 6.07) is 5.89. The van der Waals surface area contributed by atoms with Gasteiger partial charge in [-0.25, -0.2) is 10.1 Å². The van der Waals surface area contributed by atoms with Crippen LogP contribution in [-0.2, 0) is 11.2 Å². The molecule has 0 aliphatic heterocycles.